The molecule has 2 aromatic rings. The normalized spacial score (nSPS) is 12.6. The zero-order valence-corrected chi connectivity index (χ0v) is 16.7. The van der Waals surface area contributed by atoms with Gasteiger partial charge in [0.15, 0.2) is 11.9 Å². The second-order valence-corrected chi connectivity index (χ2v) is 7.66. The van der Waals surface area contributed by atoms with Crippen LogP contribution < -0.4 is 0 Å². The Morgan fingerprint density at radius 1 is 1.19 bits per heavy atom. The maximum Gasteiger partial charge on any atom is 0.306 e. The molecule has 2 rings (SSSR count). The van der Waals surface area contributed by atoms with Gasteiger partial charge < -0.3 is 9.26 Å². The van der Waals surface area contributed by atoms with Crippen molar-refractivity contribution in [3.63, 3.8) is 0 Å². The van der Waals surface area contributed by atoms with Gasteiger partial charge in [-0.15, -0.1) is 0 Å². The first-order chi connectivity index (χ1) is 12.7. The van der Waals surface area contributed by atoms with E-state index in [1.807, 2.05) is 32.9 Å². The minimum Gasteiger partial charge on any atom is -0.454 e. The Bertz CT molecular complexity index is 772. The maximum atomic E-state index is 12.4. The topological polar surface area (TPSA) is 82.3 Å². The Morgan fingerprint density at radius 3 is 2.41 bits per heavy atom. The van der Waals surface area contributed by atoms with E-state index in [1.54, 1.807) is 19.1 Å². The lowest BCUT2D eigenvalue weighted by atomic mass is 9.96. The molecular formula is C21H28N2O4. The van der Waals surface area contributed by atoms with E-state index in [2.05, 4.69) is 17.1 Å². The van der Waals surface area contributed by atoms with Gasteiger partial charge in [-0.3, -0.25) is 9.59 Å². The molecule has 0 saturated carbocycles. The minimum absolute atomic E-state index is 0.175. The van der Waals surface area contributed by atoms with Crippen LogP contribution in [0.3, 0.4) is 0 Å². The number of aryl methyl sites for hydroxylation is 2. The monoisotopic (exact) mass is 372 g/mol. The summed E-state index contributed by atoms with van der Waals surface area (Å²) in [4.78, 5) is 28.7. The molecule has 146 valence electrons. The maximum absolute atomic E-state index is 12.4. The van der Waals surface area contributed by atoms with E-state index in [1.165, 1.54) is 0 Å². The quantitative estimate of drug-likeness (QED) is 0.513. The summed E-state index contributed by atoms with van der Waals surface area (Å²) in [6.07, 6.45) is 1.33. The molecule has 6 nitrogen and oxygen atoms in total. The van der Waals surface area contributed by atoms with Crippen molar-refractivity contribution in [3.8, 4) is 0 Å². The highest BCUT2D eigenvalue weighted by Gasteiger charge is 2.22. The standard InChI is InChI=1S/C21H28N2O4/c1-6-15-10-12-16(13-11-15)19(25)14(2)26-18(24)9-7-8-17-22-20(23-27-17)21(3,4)5/h10-14H,6-9H2,1-5H3. The van der Waals surface area contributed by atoms with Crippen LogP contribution in [0.2, 0.25) is 0 Å². The summed E-state index contributed by atoms with van der Waals surface area (Å²) in [5.41, 5.74) is 1.53. The van der Waals surface area contributed by atoms with Crippen molar-refractivity contribution in [2.45, 2.75) is 71.8 Å². The lowest BCUT2D eigenvalue weighted by Crippen LogP contribution is -2.24. The SMILES string of the molecule is CCc1ccc(C(=O)C(C)OC(=O)CCCc2nc(C(C)(C)C)no2)cc1. The molecule has 0 saturated heterocycles. The number of ketones is 1. The molecule has 0 bridgehead atoms. The molecule has 0 radical (unpaired) electrons. The largest absolute Gasteiger partial charge is 0.454 e. The smallest absolute Gasteiger partial charge is 0.306 e. The second kappa shape index (κ2) is 8.93. The summed E-state index contributed by atoms with van der Waals surface area (Å²) in [5.74, 6) is 0.551. The van der Waals surface area contributed by atoms with Crippen molar-refractivity contribution in [3.05, 3.63) is 47.1 Å². The molecule has 1 aromatic carbocycles. The zero-order valence-electron chi connectivity index (χ0n) is 16.7. The van der Waals surface area contributed by atoms with Crippen LogP contribution in [-0.2, 0) is 27.8 Å². The Kier molecular flexibility index (Phi) is 6.88. The fourth-order valence-electron chi connectivity index (χ4n) is 2.49. The molecule has 0 aliphatic rings. The lowest BCUT2D eigenvalue weighted by Gasteiger charge is -2.12. The summed E-state index contributed by atoms with van der Waals surface area (Å²) in [6.45, 7) is 9.68. The highest BCUT2D eigenvalue weighted by Crippen LogP contribution is 2.19. The van der Waals surface area contributed by atoms with Gasteiger partial charge in [0.2, 0.25) is 11.7 Å². The summed E-state index contributed by atoms with van der Waals surface area (Å²) in [5, 5.41) is 3.96. The highest BCUT2D eigenvalue weighted by molar-refractivity contribution is 6.00. The third kappa shape index (κ3) is 6.01. The van der Waals surface area contributed by atoms with Crippen LogP contribution in [0, 0.1) is 0 Å². The number of hydrogen-bond donors (Lipinski definition) is 0. The number of hydrogen-bond acceptors (Lipinski definition) is 6. The van der Waals surface area contributed by atoms with Gasteiger partial charge in [-0.2, -0.15) is 4.98 Å². The van der Waals surface area contributed by atoms with Gasteiger partial charge in [0, 0.05) is 23.8 Å². The molecule has 27 heavy (non-hydrogen) atoms. The van der Waals surface area contributed by atoms with Gasteiger partial charge in [-0.05, 0) is 25.3 Å². The molecule has 0 N–H and O–H groups in total. The molecule has 1 unspecified atom stereocenters. The van der Waals surface area contributed by atoms with Gasteiger partial charge in [-0.25, -0.2) is 0 Å². The van der Waals surface area contributed by atoms with Gasteiger partial charge in [-0.1, -0.05) is 57.1 Å². The number of ether oxygens (including phenoxy) is 1. The van der Waals surface area contributed by atoms with Gasteiger partial charge in [0.1, 0.15) is 0 Å². The predicted molar refractivity (Wildman–Crippen MR) is 102 cm³/mol. The molecule has 0 fully saturated rings. The molecular weight excluding hydrogens is 344 g/mol. The van der Waals surface area contributed by atoms with Gasteiger partial charge >= 0.3 is 5.97 Å². The number of aromatic nitrogens is 2. The van der Waals surface area contributed by atoms with E-state index in [-0.39, 0.29) is 17.6 Å². The van der Waals surface area contributed by atoms with Crippen molar-refractivity contribution in [1.29, 1.82) is 0 Å². The number of carbonyl (C=O) groups is 2. The fraction of sp³-hybridized carbons (Fsp3) is 0.524. The summed E-state index contributed by atoms with van der Waals surface area (Å²) in [7, 11) is 0. The summed E-state index contributed by atoms with van der Waals surface area (Å²) < 4.78 is 10.5. The zero-order chi connectivity index (χ0) is 20.0. The van der Waals surface area contributed by atoms with Crippen molar-refractivity contribution >= 4 is 11.8 Å². The average Bonchev–Trinajstić information content (AvgIpc) is 3.10. The number of rotatable bonds is 8. The van der Waals surface area contributed by atoms with Crippen molar-refractivity contribution in [2.24, 2.45) is 0 Å². The molecule has 0 aliphatic carbocycles. The van der Waals surface area contributed by atoms with E-state index in [9.17, 15) is 9.59 Å². The first-order valence-corrected chi connectivity index (χ1v) is 9.36. The van der Waals surface area contributed by atoms with Crippen LogP contribution in [0.4, 0.5) is 0 Å². The minimum atomic E-state index is -0.805. The van der Waals surface area contributed by atoms with E-state index >= 15 is 0 Å². The van der Waals surface area contributed by atoms with Crippen LogP contribution in [0.1, 0.15) is 75.1 Å². The van der Waals surface area contributed by atoms with E-state index in [4.69, 9.17) is 9.26 Å². The fourth-order valence-corrected chi connectivity index (χ4v) is 2.49. The molecule has 1 atom stereocenters. The Morgan fingerprint density at radius 2 is 1.85 bits per heavy atom. The molecule has 1 aromatic heterocycles. The molecule has 0 amide bonds. The predicted octanol–water partition coefficient (Wildman–Crippen LogP) is 4.07. The number of carbonyl (C=O) groups excluding carboxylic acids is 2. The molecule has 0 spiro atoms. The van der Waals surface area contributed by atoms with Gasteiger partial charge in [0.05, 0.1) is 0 Å². The van der Waals surface area contributed by atoms with Crippen molar-refractivity contribution in [2.75, 3.05) is 0 Å². The average molecular weight is 372 g/mol. The highest BCUT2D eigenvalue weighted by atomic mass is 16.5. The summed E-state index contributed by atoms with van der Waals surface area (Å²) >= 11 is 0. The number of Topliss-reactive ketones (excluding diaryl/α,β-unsaturated/α-hetero) is 1. The van der Waals surface area contributed by atoms with Crippen LogP contribution in [0.5, 0.6) is 0 Å². The van der Waals surface area contributed by atoms with E-state index < -0.39 is 12.1 Å². The Hall–Kier alpha value is -2.50. The second-order valence-electron chi connectivity index (χ2n) is 7.66. The van der Waals surface area contributed by atoms with E-state index in [0.29, 0.717) is 30.1 Å². The van der Waals surface area contributed by atoms with Crippen LogP contribution in [-0.4, -0.2) is 28.0 Å². The first kappa shape index (κ1) is 20.8. The molecule has 1 heterocycles. The van der Waals surface area contributed by atoms with Gasteiger partial charge in [0.25, 0.3) is 0 Å². The van der Waals surface area contributed by atoms with Crippen LogP contribution >= 0.6 is 0 Å². The summed E-state index contributed by atoms with van der Waals surface area (Å²) in [6, 6.07) is 7.37. The van der Waals surface area contributed by atoms with Crippen LogP contribution in [0.15, 0.2) is 28.8 Å². The number of esters is 1. The first-order valence-electron chi connectivity index (χ1n) is 9.36. The number of benzene rings is 1. The molecule has 6 heteroatoms. The Balaban J connectivity index is 1.79. The van der Waals surface area contributed by atoms with E-state index in [0.717, 1.165) is 12.0 Å². The Labute approximate surface area is 160 Å². The molecule has 0 aliphatic heterocycles. The third-order valence-corrected chi connectivity index (χ3v) is 4.23. The lowest BCUT2D eigenvalue weighted by molar-refractivity contribution is -0.146. The van der Waals surface area contributed by atoms with Crippen molar-refractivity contribution in [1.82, 2.24) is 10.1 Å². The van der Waals surface area contributed by atoms with Crippen LogP contribution in [0.25, 0.3) is 0 Å². The van der Waals surface area contributed by atoms with Crippen molar-refractivity contribution < 1.29 is 18.8 Å². The third-order valence-electron chi connectivity index (χ3n) is 4.23. The number of nitrogens with zero attached hydrogens (tertiary/aromatic N) is 2.